The molecule has 7 heteroatoms. The van der Waals surface area contributed by atoms with E-state index < -0.39 is 11.6 Å². The molecule has 0 saturated heterocycles. The molecule has 0 saturated carbocycles. The molecule has 2 rings (SSSR count). The molecule has 0 bridgehead atoms. The molecule has 0 aromatic heterocycles. The molecule has 2 aromatic carbocycles. The average Bonchev–Trinajstić information content (AvgIpc) is 2.71. The number of hydrogen-bond donors (Lipinski definition) is 1. The van der Waals surface area contributed by atoms with Crippen molar-refractivity contribution in [3.63, 3.8) is 0 Å². The molecule has 2 aromatic rings. The zero-order valence-corrected chi connectivity index (χ0v) is 20.3. The number of nitrogens with zero attached hydrogens (tertiary/aromatic N) is 3. The molecule has 0 spiro atoms. The van der Waals surface area contributed by atoms with E-state index in [9.17, 15) is 9.59 Å². The number of carbonyl (C=O) groups is 2. The fraction of sp³-hybridized carbons (Fsp3) is 0.400. The van der Waals surface area contributed by atoms with Gasteiger partial charge in [-0.25, -0.2) is 4.99 Å². The van der Waals surface area contributed by atoms with Crippen LogP contribution in [0.3, 0.4) is 0 Å². The Kier molecular flexibility index (Phi) is 8.76. The second-order valence-electron chi connectivity index (χ2n) is 8.73. The van der Waals surface area contributed by atoms with E-state index in [-0.39, 0.29) is 17.9 Å². The smallest absolute Gasteiger partial charge is 0.254 e. The van der Waals surface area contributed by atoms with Crippen LogP contribution in [0.1, 0.15) is 63.5 Å². The average molecular weight is 455 g/mol. The number of carbonyl (C=O) groups excluding carboxylic acids is 2. The Balaban J connectivity index is 2.60. The fourth-order valence-corrected chi connectivity index (χ4v) is 3.24. The zero-order valence-electron chi connectivity index (χ0n) is 19.5. The second kappa shape index (κ2) is 11.1. The minimum absolute atomic E-state index is 0.0459. The Morgan fingerprint density at radius 1 is 1.09 bits per heavy atom. The molecule has 6 nitrogen and oxygen atoms in total. The first-order valence-corrected chi connectivity index (χ1v) is 11.0. The van der Waals surface area contributed by atoms with Gasteiger partial charge in [-0.3, -0.25) is 9.59 Å². The van der Waals surface area contributed by atoms with Crippen molar-refractivity contribution in [2.45, 2.75) is 59.2 Å². The third-order valence-electron chi connectivity index (χ3n) is 4.47. The van der Waals surface area contributed by atoms with Gasteiger partial charge in [0.2, 0.25) is 5.91 Å². The molecule has 1 N–H and O–H groups in total. The summed E-state index contributed by atoms with van der Waals surface area (Å²) >= 11 is 5.99. The summed E-state index contributed by atoms with van der Waals surface area (Å²) in [5.41, 5.74) is 1.11. The minimum atomic E-state index is -0.886. The summed E-state index contributed by atoms with van der Waals surface area (Å²) in [5, 5.41) is 3.55. The summed E-state index contributed by atoms with van der Waals surface area (Å²) in [5.74, 6) is -0.557. The van der Waals surface area contributed by atoms with Crippen LogP contribution in [0.4, 0.5) is 5.69 Å². The number of para-hydroxylation sites is 1. The van der Waals surface area contributed by atoms with E-state index in [1.54, 1.807) is 36.4 Å². The summed E-state index contributed by atoms with van der Waals surface area (Å²) in [4.78, 5) is 37.0. The van der Waals surface area contributed by atoms with Crippen LogP contribution in [-0.2, 0) is 4.79 Å². The zero-order chi connectivity index (χ0) is 23.9. The maximum absolute atomic E-state index is 13.5. The van der Waals surface area contributed by atoms with Crippen LogP contribution in [0.2, 0.25) is 5.02 Å². The van der Waals surface area contributed by atoms with Crippen LogP contribution in [0.5, 0.6) is 0 Å². The lowest BCUT2D eigenvalue weighted by Crippen LogP contribution is -2.49. The van der Waals surface area contributed by atoms with Crippen molar-refractivity contribution in [2.75, 3.05) is 6.54 Å². The lowest BCUT2D eigenvalue weighted by atomic mass is 9.99. The number of amides is 2. The quantitative estimate of drug-likeness (QED) is 0.547. The summed E-state index contributed by atoms with van der Waals surface area (Å²) in [6.45, 7) is 11.7. The van der Waals surface area contributed by atoms with Crippen molar-refractivity contribution < 1.29 is 9.59 Å². The predicted octanol–water partition coefficient (Wildman–Crippen LogP) is 5.67. The molecule has 2 amide bonds. The van der Waals surface area contributed by atoms with Gasteiger partial charge in [0.1, 0.15) is 6.04 Å². The van der Waals surface area contributed by atoms with Crippen molar-refractivity contribution in [3.8, 4) is 0 Å². The van der Waals surface area contributed by atoms with Crippen molar-refractivity contribution in [2.24, 2.45) is 9.98 Å². The number of hydrogen-bond acceptors (Lipinski definition) is 4. The fourth-order valence-electron chi connectivity index (χ4n) is 3.11. The lowest BCUT2D eigenvalue weighted by molar-refractivity contribution is -0.127. The van der Waals surface area contributed by atoms with E-state index in [2.05, 4.69) is 21.3 Å². The van der Waals surface area contributed by atoms with Crippen LogP contribution in [0.15, 0.2) is 58.5 Å². The molecule has 0 radical (unpaired) electrons. The van der Waals surface area contributed by atoms with E-state index in [0.717, 1.165) is 0 Å². The standard InChI is InChI=1S/C25H31ClN4O2/c1-7-30(24(32)18-12-14-19(26)15-13-18)22(23(31)29-25(4,5)6)20-10-8-9-11-21(20)28-16-27-17(2)3/h8-15,17,22H,7H2,1-6H3,(H,29,31). The Bertz CT molecular complexity index is 1000. The van der Waals surface area contributed by atoms with E-state index in [0.29, 0.717) is 28.4 Å². The SMILES string of the molecule is CCN(C(=O)c1ccc(Cl)cc1)C(C(=O)NC(C)(C)C)c1ccccc1N=C=NC(C)C. The van der Waals surface area contributed by atoms with Gasteiger partial charge >= 0.3 is 0 Å². The van der Waals surface area contributed by atoms with Crippen LogP contribution >= 0.6 is 11.6 Å². The Morgan fingerprint density at radius 3 is 2.28 bits per heavy atom. The molecule has 0 fully saturated rings. The van der Waals surface area contributed by atoms with E-state index in [1.165, 1.54) is 4.90 Å². The third kappa shape index (κ3) is 7.04. The topological polar surface area (TPSA) is 74.1 Å². The van der Waals surface area contributed by atoms with Gasteiger partial charge in [0.25, 0.3) is 5.91 Å². The first-order valence-electron chi connectivity index (χ1n) is 10.7. The summed E-state index contributed by atoms with van der Waals surface area (Å²) < 4.78 is 0. The second-order valence-corrected chi connectivity index (χ2v) is 9.17. The predicted molar refractivity (Wildman–Crippen MR) is 130 cm³/mol. The first-order chi connectivity index (χ1) is 15.0. The summed E-state index contributed by atoms with van der Waals surface area (Å²) in [7, 11) is 0. The van der Waals surface area contributed by atoms with Gasteiger partial charge in [0.15, 0.2) is 0 Å². The summed E-state index contributed by atoms with van der Waals surface area (Å²) in [6, 6.07) is 15.8. The highest BCUT2D eigenvalue weighted by Crippen LogP contribution is 2.31. The molecule has 0 aliphatic heterocycles. The minimum Gasteiger partial charge on any atom is -0.349 e. The molecule has 0 aliphatic rings. The van der Waals surface area contributed by atoms with E-state index in [1.807, 2.05) is 53.7 Å². The van der Waals surface area contributed by atoms with Crippen molar-refractivity contribution in [1.82, 2.24) is 10.2 Å². The number of aliphatic imine (C=N–C) groups is 2. The van der Waals surface area contributed by atoms with Gasteiger partial charge in [-0.1, -0.05) is 29.8 Å². The summed E-state index contributed by atoms with van der Waals surface area (Å²) in [6.07, 6.45) is 0. The molecule has 32 heavy (non-hydrogen) atoms. The normalized spacial score (nSPS) is 12.0. The third-order valence-corrected chi connectivity index (χ3v) is 4.72. The van der Waals surface area contributed by atoms with E-state index in [4.69, 9.17) is 11.6 Å². The van der Waals surface area contributed by atoms with Crippen LogP contribution in [-0.4, -0.2) is 40.8 Å². The molecule has 0 aliphatic carbocycles. The van der Waals surface area contributed by atoms with Gasteiger partial charge in [-0.15, -0.1) is 0 Å². The van der Waals surface area contributed by atoms with Gasteiger partial charge in [0, 0.05) is 28.2 Å². The Hall–Kier alpha value is -2.95. The van der Waals surface area contributed by atoms with E-state index >= 15 is 0 Å². The first kappa shape index (κ1) is 25.3. The Labute approximate surface area is 195 Å². The maximum Gasteiger partial charge on any atom is 0.254 e. The highest BCUT2D eigenvalue weighted by atomic mass is 35.5. The van der Waals surface area contributed by atoms with Gasteiger partial charge in [0.05, 0.1) is 17.7 Å². The highest BCUT2D eigenvalue weighted by Gasteiger charge is 2.34. The number of benzene rings is 2. The largest absolute Gasteiger partial charge is 0.349 e. The number of nitrogens with one attached hydrogen (secondary N) is 1. The molecule has 1 atom stereocenters. The van der Waals surface area contributed by atoms with Crippen molar-refractivity contribution in [3.05, 3.63) is 64.7 Å². The van der Waals surface area contributed by atoms with Gasteiger partial charge < -0.3 is 10.2 Å². The van der Waals surface area contributed by atoms with Crippen LogP contribution in [0, 0.1) is 0 Å². The lowest BCUT2D eigenvalue weighted by Gasteiger charge is -2.33. The number of halogens is 1. The van der Waals surface area contributed by atoms with Crippen molar-refractivity contribution in [1.29, 1.82) is 0 Å². The number of rotatable bonds is 7. The maximum atomic E-state index is 13.5. The molecule has 1 unspecified atom stereocenters. The Morgan fingerprint density at radius 2 is 1.72 bits per heavy atom. The van der Waals surface area contributed by atoms with Gasteiger partial charge in [-0.2, -0.15) is 4.99 Å². The molecular formula is C25H31ClN4O2. The van der Waals surface area contributed by atoms with Crippen molar-refractivity contribution >= 4 is 35.1 Å². The van der Waals surface area contributed by atoms with Crippen LogP contribution in [0.25, 0.3) is 0 Å². The molecule has 0 heterocycles. The van der Waals surface area contributed by atoms with Crippen LogP contribution < -0.4 is 5.32 Å². The van der Waals surface area contributed by atoms with Gasteiger partial charge in [-0.05, 0) is 71.9 Å². The highest BCUT2D eigenvalue weighted by molar-refractivity contribution is 6.30. The number of likely N-dealkylation sites (N-methyl/N-ethyl adjacent to an activating group) is 1. The molecule has 170 valence electrons. The monoisotopic (exact) mass is 454 g/mol. The molecular weight excluding hydrogens is 424 g/mol.